The summed E-state index contributed by atoms with van der Waals surface area (Å²) < 4.78 is 6.76. The van der Waals surface area contributed by atoms with Crippen molar-refractivity contribution in [3.8, 4) is 0 Å². The maximum Gasteiger partial charge on any atom is 0.419 e. The van der Waals surface area contributed by atoms with Crippen LogP contribution in [0.1, 0.15) is 38.5 Å². The fraction of sp³-hybridized carbons (Fsp3) is 0.467. The van der Waals surface area contributed by atoms with Crippen LogP contribution in [-0.2, 0) is 11.3 Å². The van der Waals surface area contributed by atoms with Crippen LogP contribution in [0, 0.1) is 0 Å². The van der Waals surface area contributed by atoms with Gasteiger partial charge in [-0.1, -0.05) is 19.3 Å². The highest BCUT2D eigenvalue weighted by Crippen LogP contribution is 2.17. The second-order valence-electron chi connectivity index (χ2n) is 5.16. The standard InChI is InChI=1S/C15H20N2O4/c16-11-7-8-13-12(10-11)17(15(20)21-13)9-5-3-1-2-4-6-14(18)19/h7-8,10H,1-6,9,16H2,(H,18,19). The van der Waals surface area contributed by atoms with E-state index in [4.69, 9.17) is 15.3 Å². The number of hydrogen-bond donors (Lipinski definition) is 2. The van der Waals surface area contributed by atoms with Crippen molar-refractivity contribution in [2.45, 2.75) is 45.1 Å². The molecule has 0 spiro atoms. The molecule has 3 N–H and O–H groups in total. The lowest BCUT2D eigenvalue weighted by atomic mass is 10.1. The zero-order chi connectivity index (χ0) is 15.2. The van der Waals surface area contributed by atoms with E-state index in [1.807, 2.05) is 0 Å². The highest BCUT2D eigenvalue weighted by Gasteiger charge is 2.08. The van der Waals surface area contributed by atoms with E-state index in [0.29, 0.717) is 24.2 Å². The number of carbonyl (C=O) groups is 1. The molecule has 0 aliphatic heterocycles. The van der Waals surface area contributed by atoms with Crippen LogP contribution in [-0.4, -0.2) is 15.6 Å². The highest BCUT2D eigenvalue weighted by molar-refractivity contribution is 5.76. The molecule has 2 aromatic rings. The van der Waals surface area contributed by atoms with Gasteiger partial charge in [-0.05, 0) is 31.0 Å². The number of anilines is 1. The van der Waals surface area contributed by atoms with Gasteiger partial charge < -0.3 is 15.3 Å². The maximum atomic E-state index is 11.8. The molecule has 2 rings (SSSR count). The normalized spacial score (nSPS) is 11.0. The molecule has 1 aromatic carbocycles. The molecule has 114 valence electrons. The number of nitrogens with two attached hydrogens (primary N) is 1. The summed E-state index contributed by atoms with van der Waals surface area (Å²) in [6, 6.07) is 5.15. The number of oxazole rings is 1. The van der Waals surface area contributed by atoms with Gasteiger partial charge in [0.15, 0.2) is 5.58 Å². The van der Waals surface area contributed by atoms with Crippen LogP contribution < -0.4 is 11.5 Å². The first-order valence-corrected chi connectivity index (χ1v) is 7.18. The van der Waals surface area contributed by atoms with Crippen molar-refractivity contribution < 1.29 is 14.3 Å². The van der Waals surface area contributed by atoms with Crippen LogP contribution in [0.5, 0.6) is 0 Å². The van der Waals surface area contributed by atoms with Crippen molar-refractivity contribution in [3.05, 3.63) is 28.7 Å². The van der Waals surface area contributed by atoms with E-state index >= 15 is 0 Å². The topological polar surface area (TPSA) is 98.5 Å². The van der Waals surface area contributed by atoms with Crippen molar-refractivity contribution in [1.82, 2.24) is 4.57 Å². The van der Waals surface area contributed by atoms with Crippen LogP contribution in [0.4, 0.5) is 5.69 Å². The molecule has 1 heterocycles. The number of aromatic nitrogens is 1. The number of nitrogens with zero attached hydrogens (tertiary/aromatic N) is 1. The second kappa shape index (κ2) is 6.97. The van der Waals surface area contributed by atoms with Crippen LogP contribution in [0.15, 0.2) is 27.4 Å². The van der Waals surface area contributed by atoms with Crippen LogP contribution in [0.3, 0.4) is 0 Å². The average Bonchev–Trinajstić information content (AvgIpc) is 2.73. The Morgan fingerprint density at radius 2 is 1.90 bits per heavy atom. The molecule has 1 aromatic heterocycles. The molecule has 0 fully saturated rings. The first-order valence-electron chi connectivity index (χ1n) is 7.18. The van der Waals surface area contributed by atoms with Crippen molar-refractivity contribution in [2.75, 3.05) is 5.73 Å². The summed E-state index contributed by atoms with van der Waals surface area (Å²) in [6.45, 7) is 0.591. The predicted octanol–water partition coefficient (Wildman–Crippen LogP) is 2.60. The number of unbranched alkanes of at least 4 members (excludes halogenated alkanes) is 4. The molecule has 0 aliphatic rings. The zero-order valence-corrected chi connectivity index (χ0v) is 11.9. The molecule has 0 atom stereocenters. The Morgan fingerprint density at radius 3 is 2.67 bits per heavy atom. The van der Waals surface area contributed by atoms with E-state index in [9.17, 15) is 9.59 Å². The lowest BCUT2D eigenvalue weighted by Crippen LogP contribution is -2.14. The fourth-order valence-corrected chi connectivity index (χ4v) is 2.37. The second-order valence-corrected chi connectivity index (χ2v) is 5.16. The smallest absolute Gasteiger partial charge is 0.419 e. The maximum absolute atomic E-state index is 11.8. The Hall–Kier alpha value is -2.24. The zero-order valence-electron chi connectivity index (χ0n) is 11.9. The van der Waals surface area contributed by atoms with Gasteiger partial charge in [0.1, 0.15) is 0 Å². The number of carboxylic acid groups (broad SMARTS) is 1. The van der Waals surface area contributed by atoms with Gasteiger partial charge in [0.25, 0.3) is 0 Å². The van der Waals surface area contributed by atoms with Gasteiger partial charge in [0.05, 0.1) is 5.52 Å². The molecular formula is C15H20N2O4. The van der Waals surface area contributed by atoms with Crippen molar-refractivity contribution in [1.29, 1.82) is 0 Å². The quantitative estimate of drug-likeness (QED) is 0.575. The molecule has 0 saturated carbocycles. The summed E-state index contributed by atoms with van der Waals surface area (Å²) in [5, 5.41) is 8.54. The molecule has 0 radical (unpaired) electrons. The summed E-state index contributed by atoms with van der Waals surface area (Å²) in [4.78, 5) is 22.2. The van der Waals surface area contributed by atoms with Crippen LogP contribution >= 0.6 is 0 Å². The fourth-order valence-electron chi connectivity index (χ4n) is 2.37. The van der Waals surface area contributed by atoms with Gasteiger partial charge in [-0.15, -0.1) is 0 Å². The Balaban J connectivity index is 1.83. The largest absolute Gasteiger partial charge is 0.481 e. The minimum absolute atomic E-state index is 0.227. The van der Waals surface area contributed by atoms with E-state index in [0.717, 1.165) is 31.2 Å². The third kappa shape index (κ3) is 4.11. The molecule has 6 nitrogen and oxygen atoms in total. The molecular weight excluding hydrogens is 272 g/mol. The van der Waals surface area contributed by atoms with Crippen molar-refractivity contribution in [2.24, 2.45) is 0 Å². The molecule has 0 aliphatic carbocycles. The number of fused-ring (bicyclic) bond motifs is 1. The summed E-state index contributed by atoms with van der Waals surface area (Å²) in [5.41, 5.74) is 7.61. The van der Waals surface area contributed by atoms with Gasteiger partial charge in [-0.25, -0.2) is 4.79 Å². The van der Waals surface area contributed by atoms with Crippen LogP contribution in [0.25, 0.3) is 11.1 Å². The van der Waals surface area contributed by atoms with E-state index in [1.165, 1.54) is 0 Å². The number of nitrogen functional groups attached to an aromatic ring is 1. The summed E-state index contributed by atoms with van der Waals surface area (Å²) >= 11 is 0. The first-order chi connectivity index (χ1) is 10.1. The molecule has 0 unspecified atom stereocenters. The third-order valence-electron chi connectivity index (χ3n) is 3.46. The van der Waals surface area contributed by atoms with Gasteiger partial charge >= 0.3 is 11.7 Å². The van der Waals surface area contributed by atoms with E-state index in [1.54, 1.807) is 22.8 Å². The Kier molecular flexibility index (Phi) is 5.03. The summed E-state index contributed by atoms with van der Waals surface area (Å²) in [7, 11) is 0. The van der Waals surface area contributed by atoms with Gasteiger partial charge in [-0.3, -0.25) is 9.36 Å². The van der Waals surface area contributed by atoms with Crippen molar-refractivity contribution >= 4 is 22.8 Å². The third-order valence-corrected chi connectivity index (χ3v) is 3.46. The highest BCUT2D eigenvalue weighted by atomic mass is 16.4. The van der Waals surface area contributed by atoms with Crippen LogP contribution in [0.2, 0.25) is 0 Å². The lowest BCUT2D eigenvalue weighted by molar-refractivity contribution is -0.137. The van der Waals surface area contributed by atoms with Gasteiger partial charge in [-0.2, -0.15) is 0 Å². The molecule has 0 bridgehead atoms. The SMILES string of the molecule is Nc1ccc2oc(=O)n(CCCCCCCC(=O)O)c2c1. The number of aliphatic carboxylic acids is 1. The Labute approximate surface area is 122 Å². The first kappa shape index (κ1) is 15.2. The minimum Gasteiger partial charge on any atom is -0.481 e. The molecule has 0 saturated heterocycles. The monoisotopic (exact) mass is 292 g/mol. The van der Waals surface area contributed by atoms with Crippen molar-refractivity contribution in [3.63, 3.8) is 0 Å². The van der Waals surface area contributed by atoms with Gasteiger partial charge in [0, 0.05) is 18.7 Å². The number of rotatable bonds is 8. The average molecular weight is 292 g/mol. The number of aryl methyl sites for hydroxylation is 1. The summed E-state index contributed by atoms with van der Waals surface area (Å²) in [6.07, 6.45) is 4.63. The number of hydrogen-bond acceptors (Lipinski definition) is 4. The Morgan fingerprint density at radius 1 is 1.19 bits per heavy atom. The van der Waals surface area contributed by atoms with E-state index < -0.39 is 5.97 Å². The summed E-state index contributed by atoms with van der Waals surface area (Å²) in [5.74, 6) is -1.11. The minimum atomic E-state index is -0.746. The van der Waals surface area contributed by atoms with Gasteiger partial charge in [0.2, 0.25) is 0 Å². The molecule has 6 heteroatoms. The molecule has 21 heavy (non-hydrogen) atoms. The number of benzene rings is 1. The molecule has 0 amide bonds. The van der Waals surface area contributed by atoms with E-state index in [2.05, 4.69) is 0 Å². The predicted molar refractivity (Wildman–Crippen MR) is 80.2 cm³/mol. The number of carboxylic acids is 1. The lowest BCUT2D eigenvalue weighted by Gasteiger charge is -2.03. The Bertz CT molecular complexity index is 672. The van der Waals surface area contributed by atoms with E-state index in [-0.39, 0.29) is 12.2 Å².